The summed E-state index contributed by atoms with van der Waals surface area (Å²) in [5.74, 6) is 0. The lowest BCUT2D eigenvalue weighted by Crippen LogP contribution is -2.38. The molecule has 0 bridgehead atoms. The molecule has 0 aromatic heterocycles. The predicted octanol–water partition coefficient (Wildman–Crippen LogP) is 13.2. The van der Waals surface area contributed by atoms with E-state index in [1.54, 1.807) is 0 Å². The van der Waals surface area contributed by atoms with Gasteiger partial charge >= 0.3 is 0 Å². The van der Waals surface area contributed by atoms with Crippen LogP contribution in [0, 0.1) is 0 Å². The van der Waals surface area contributed by atoms with Crippen molar-refractivity contribution in [3.63, 3.8) is 0 Å². The highest BCUT2D eigenvalue weighted by Gasteiger charge is 2.45. The Kier molecular flexibility index (Phi) is 6.86. The molecule has 2 aliphatic heterocycles. The minimum absolute atomic E-state index is 0.103. The Bertz CT molecular complexity index is 2390. The van der Waals surface area contributed by atoms with Crippen LogP contribution >= 0.6 is 0 Å². The molecule has 0 saturated carbocycles. The third-order valence-electron chi connectivity index (χ3n) is 11.0. The van der Waals surface area contributed by atoms with Crippen LogP contribution in [0.2, 0.25) is 0 Å². The van der Waals surface area contributed by atoms with E-state index >= 15 is 0 Å². The Morgan fingerprint density at radius 1 is 0.400 bits per heavy atom. The molecule has 9 rings (SSSR count). The normalized spacial score (nSPS) is 14.7. The van der Waals surface area contributed by atoms with Gasteiger partial charge in [0.1, 0.15) is 0 Å². The van der Waals surface area contributed by atoms with Gasteiger partial charge in [0.15, 0.2) is 0 Å². The summed E-state index contributed by atoms with van der Waals surface area (Å²) in [5, 5.41) is 0. The summed E-state index contributed by atoms with van der Waals surface area (Å²) < 4.78 is 0. The van der Waals surface area contributed by atoms with Gasteiger partial charge in [-0.25, -0.2) is 0 Å². The maximum atomic E-state index is 2.54. The molecule has 2 heteroatoms. The largest absolute Gasteiger partial charge is 0.310 e. The van der Waals surface area contributed by atoms with Gasteiger partial charge in [-0.2, -0.15) is 0 Å². The molecule has 2 nitrogen and oxygen atoms in total. The number of fused-ring (bicyclic) bond motifs is 4. The molecular formula is C48H40N2. The van der Waals surface area contributed by atoms with Crippen molar-refractivity contribution in [1.29, 1.82) is 0 Å². The van der Waals surface area contributed by atoms with Crippen molar-refractivity contribution in [1.82, 2.24) is 0 Å². The Hall–Kier alpha value is -5.86. The van der Waals surface area contributed by atoms with Crippen molar-refractivity contribution >= 4 is 34.1 Å². The molecule has 2 heterocycles. The van der Waals surface area contributed by atoms with Crippen molar-refractivity contribution in [2.75, 3.05) is 9.80 Å². The summed E-state index contributed by atoms with van der Waals surface area (Å²) in [5.41, 5.74) is 17.1. The first-order valence-electron chi connectivity index (χ1n) is 17.6. The highest BCUT2D eigenvalue weighted by molar-refractivity contribution is 5.95. The molecule has 7 aromatic rings. The lowest BCUT2D eigenvalue weighted by Gasteiger charge is -2.49. The number of para-hydroxylation sites is 3. The first-order chi connectivity index (χ1) is 24.3. The highest BCUT2D eigenvalue weighted by atomic mass is 15.2. The van der Waals surface area contributed by atoms with Crippen molar-refractivity contribution in [2.24, 2.45) is 0 Å². The van der Waals surface area contributed by atoms with Crippen LogP contribution in [-0.2, 0) is 10.8 Å². The van der Waals surface area contributed by atoms with Crippen molar-refractivity contribution in [3.8, 4) is 22.3 Å². The van der Waals surface area contributed by atoms with E-state index in [4.69, 9.17) is 0 Å². The smallest absolute Gasteiger partial charge is 0.0543 e. The summed E-state index contributed by atoms with van der Waals surface area (Å²) >= 11 is 0. The predicted molar refractivity (Wildman–Crippen MR) is 211 cm³/mol. The maximum Gasteiger partial charge on any atom is 0.0543 e. The van der Waals surface area contributed by atoms with E-state index in [-0.39, 0.29) is 10.8 Å². The van der Waals surface area contributed by atoms with E-state index < -0.39 is 0 Å². The zero-order valence-electron chi connectivity index (χ0n) is 29.1. The van der Waals surface area contributed by atoms with Crippen LogP contribution in [0.15, 0.2) is 170 Å². The van der Waals surface area contributed by atoms with Crippen LogP contribution in [0.3, 0.4) is 0 Å². The van der Waals surface area contributed by atoms with Crippen LogP contribution in [0.25, 0.3) is 22.3 Å². The molecule has 0 amide bonds. The van der Waals surface area contributed by atoms with E-state index in [1.807, 2.05) is 0 Å². The topological polar surface area (TPSA) is 6.48 Å². The van der Waals surface area contributed by atoms with Crippen LogP contribution < -0.4 is 9.80 Å². The number of nitrogens with zero attached hydrogens (tertiary/aromatic N) is 2. The van der Waals surface area contributed by atoms with E-state index in [0.29, 0.717) is 0 Å². The fourth-order valence-electron chi connectivity index (χ4n) is 8.42. The Labute approximate surface area is 295 Å². The van der Waals surface area contributed by atoms with Gasteiger partial charge in [0.25, 0.3) is 0 Å². The first kappa shape index (κ1) is 30.2. The molecule has 0 radical (unpaired) electrons. The lowest BCUT2D eigenvalue weighted by molar-refractivity contribution is 0.597. The minimum atomic E-state index is -0.230. The highest BCUT2D eigenvalue weighted by Crippen LogP contribution is 2.60. The van der Waals surface area contributed by atoms with E-state index in [2.05, 4.69) is 207 Å². The van der Waals surface area contributed by atoms with E-state index in [1.165, 1.54) is 61.6 Å². The number of rotatable bonds is 5. The molecule has 50 heavy (non-hydrogen) atoms. The molecule has 0 saturated heterocycles. The molecule has 242 valence electrons. The Balaban J connectivity index is 1.29. The summed E-state index contributed by atoms with van der Waals surface area (Å²) in [7, 11) is 0. The molecule has 0 fully saturated rings. The van der Waals surface area contributed by atoms with Crippen LogP contribution in [0.5, 0.6) is 0 Å². The number of benzene rings is 7. The average molecular weight is 645 g/mol. The SMILES string of the molecule is CC1(C)c2ccccc2N2c3ccc(N(c4cccc(-c5ccccc5)c4)c4ccccc4-c4ccccc4)cc3C(C)(C)c3cccc1c32. The van der Waals surface area contributed by atoms with Gasteiger partial charge in [0.2, 0.25) is 0 Å². The summed E-state index contributed by atoms with van der Waals surface area (Å²) in [6.45, 7) is 9.54. The zero-order chi connectivity index (χ0) is 34.0. The molecule has 0 aliphatic carbocycles. The number of hydrogen-bond donors (Lipinski definition) is 0. The minimum Gasteiger partial charge on any atom is -0.310 e. The average Bonchev–Trinajstić information content (AvgIpc) is 3.16. The molecule has 0 unspecified atom stereocenters. The van der Waals surface area contributed by atoms with Crippen molar-refractivity contribution < 1.29 is 0 Å². The molecule has 7 aromatic carbocycles. The zero-order valence-corrected chi connectivity index (χ0v) is 29.1. The molecular weight excluding hydrogens is 605 g/mol. The summed E-state index contributed by atoms with van der Waals surface area (Å²) in [4.78, 5) is 4.98. The quantitative estimate of drug-likeness (QED) is 0.184. The summed E-state index contributed by atoms with van der Waals surface area (Å²) in [6.07, 6.45) is 0. The van der Waals surface area contributed by atoms with Gasteiger partial charge in [-0.15, -0.1) is 0 Å². The third-order valence-corrected chi connectivity index (χ3v) is 11.0. The fraction of sp³-hybridized carbons (Fsp3) is 0.125. The second kappa shape index (κ2) is 11.4. The fourth-order valence-corrected chi connectivity index (χ4v) is 8.42. The standard InChI is InChI=1S/C48H40N2/c1-47(2)39-24-12-14-28-44(39)50-45-30-29-37(32-42(45)48(3,4)41-26-16-25-40(47)46(41)50)49(36-22-15-21-35(31-36)33-17-7-5-8-18-33)43-27-13-11-23-38(43)34-19-9-6-10-20-34/h5-32H,1-4H3. The van der Waals surface area contributed by atoms with Crippen molar-refractivity contribution in [2.45, 2.75) is 38.5 Å². The van der Waals surface area contributed by atoms with Crippen LogP contribution in [0.1, 0.15) is 49.9 Å². The number of anilines is 6. The number of hydrogen-bond acceptors (Lipinski definition) is 2. The van der Waals surface area contributed by atoms with Crippen LogP contribution in [0.4, 0.5) is 34.1 Å². The van der Waals surface area contributed by atoms with Crippen molar-refractivity contribution in [3.05, 3.63) is 192 Å². The lowest BCUT2D eigenvalue weighted by atomic mass is 9.66. The Morgan fingerprint density at radius 2 is 0.940 bits per heavy atom. The molecule has 0 atom stereocenters. The second-order valence-corrected chi connectivity index (χ2v) is 14.6. The van der Waals surface area contributed by atoms with Gasteiger partial charge in [-0.05, 0) is 81.4 Å². The monoisotopic (exact) mass is 644 g/mol. The molecule has 0 spiro atoms. The van der Waals surface area contributed by atoms with Gasteiger partial charge in [-0.1, -0.05) is 155 Å². The van der Waals surface area contributed by atoms with Gasteiger partial charge in [0.05, 0.1) is 22.7 Å². The van der Waals surface area contributed by atoms with E-state index in [0.717, 1.165) is 17.1 Å². The molecule has 0 N–H and O–H groups in total. The summed E-state index contributed by atoms with van der Waals surface area (Å²) in [6, 6.07) is 62.2. The van der Waals surface area contributed by atoms with Gasteiger partial charge < -0.3 is 9.80 Å². The second-order valence-electron chi connectivity index (χ2n) is 14.6. The maximum absolute atomic E-state index is 2.54. The van der Waals surface area contributed by atoms with E-state index in [9.17, 15) is 0 Å². The third kappa shape index (κ3) is 4.55. The van der Waals surface area contributed by atoms with Gasteiger partial charge in [-0.3, -0.25) is 0 Å². The molecule has 2 aliphatic rings. The first-order valence-corrected chi connectivity index (χ1v) is 17.6. The van der Waals surface area contributed by atoms with Crippen LogP contribution in [-0.4, -0.2) is 0 Å². The Morgan fingerprint density at radius 3 is 1.70 bits per heavy atom. The van der Waals surface area contributed by atoms with Gasteiger partial charge in [0, 0.05) is 27.8 Å².